The quantitative estimate of drug-likeness (QED) is 0.865. The highest BCUT2D eigenvalue weighted by Crippen LogP contribution is 2.20. The van der Waals surface area contributed by atoms with E-state index in [9.17, 15) is 14.0 Å². The number of amides is 2. The van der Waals surface area contributed by atoms with Crippen LogP contribution in [-0.2, 0) is 4.79 Å². The van der Waals surface area contributed by atoms with E-state index in [1.54, 1.807) is 7.05 Å². The molecule has 0 atom stereocenters. The number of hydrogen-bond donors (Lipinski definition) is 1. The zero-order chi connectivity index (χ0) is 13.3. The molecule has 96 valence electrons. The topological polar surface area (TPSA) is 60.9 Å². The predicted octanol–water partition coefficient (Wildman–Crippen LogP) is 1.40. The first-order chi connectivity index (χ1) is 8.49. The highest BCUT2D eigenvalue weighted by molar-refractivity contribution is 5.92. The van der Waals surface area contributed by atoms with E-state index in [0.717, 1.165) is 0 Å². The number of anilines is 1. The number of likely N-dealkylation sites (tertiary alicyclic amines) is 1. The lowest BCUT2D eigenvalue weighted by Gasteiger charge is -2.38. The minimum Gasteiger partial charge on any atom is -0.481 e. The Kier molecular flexibility index (Phi) is 3.18. The third kappa shape index (κ3) is 2.27. The number of halogens is 1. The number of carboxylic acids is 1. The lowest BCUT2D eigenvalue weighted by atomic mass is 10.0. The first kappa shape index (κ1) is 12.3. The second kappa shape index (κ2) is 4.64. The number of aliphatic carboxylic acids is 1. The second-order valence-corrected chi connectivity index (χ2v) is 4.26. The van der Waals surface area contributed by atoms with Crippen LogP contribution in [0.2, 0.25) is 0 Å². The van der Waals surface area contributed by atoms with E-state index < -0.39 is 11.9 Å². The Morgan fingerprint density at radius 1 is 1.33 bits per heavy atom. The van der Waals surface area contributed by atoms with Crippen LogP contribution in [0.25, 0.3) is 0 Å². The van der Waals surface area contributed by atoms with Gasteiger partial charge in [-0.05, 0) is 24.3 Å². The molecule has 1 aromatic rings. The van der Waals surface area contributed by atoms with E-state index in [0.29, 0.717) is 5.69 Å². The maximum atomic E-state index is 12.7. The molecule has 1 saturated heterocycles. The molecule has 5 nitrogen and oxygen atoms in total. The molecule has 1 N–H and O–H groups in total. The molecule has 0 radical (unpaired) electrons. The number of carboxylic acid groups (broad SMARTS) is 1. The third-order valence-electron chi connectivity index (χ3n) is 3.00. The van der Waals surface area contributed by atoms with Gasteiger partial charge in [-0.1, -0.05) is 0 Å². The number of carbonyl (C=O) groups excluding carboxylic acids is 1. The fourth-order valence-corrected chi connectivity index (χ4v) is 1.78. The summed E-state index contributed by atoms with van der Waals surface area (Å²) in [5, 5.41) is 8.73. The summed E-state index contributed by atoms with van der Waals surface area (Å²) in [6.45, 7) is 0.444. The van der Waals surface area contributed by atoms with Crippen molar-refractivity contribution in [2.75, 3.05) is 25.0 Å². The summed E-state index contributed by atoms with van der Waals surface area (Å²) < 4.78 is 12.7. The molecule has 18 heavy (non-hydrogen) atoms. The average Bonchev–Trinajstić information content (AvgIpc) is 2.26. The van der Waals surface area contributed by atoms with Crippen molar-refractivity contribution < 1.29 is 19.1 Å². The van der Waals surface area contributed by atoms with Crippen LogP contribution >= 0.6 is 0 Å². The van der Waals surface area contributed by atoms with Crippen LogP contribution in [0, 0.1) is 11.7 Å². The summed E-state index contributed by atoms with van der Waals surface area (Å²) in [5.74, 6) is -1.73. The minimum absolute atomic E-state index is 0.222. The summed E-state index contributed by atoms with van der Waals surface area (Å²) in [5.41, 5.74) is 0.570. The lowest BCUT2D eigenvalue weighted by molar-refractivity contribution is -0.145. The molecule has 0 saturated carbocycles. The minimum atomic E-state index is -0.886. The molecule has 1 aromatic carbocycles. The van der Waals surface area contributed by atoms with Gasteiger partial charge in [0, 0.05) is 25.8 Å². The maximum Gasteiger partial charge on any atom is 0.324 e. The van der Waals surface area contributed by atoms with Crippen LogP contribution in [0.5, 0.6) is 0 Å². The first-order valence-corrected chi connectivity index (χ1v) is 5.50. The number of nitrogens with zero attached hydrogens (tertiary/aromatic N) is 2. The Labute approximate surface area is 103 Å². The standard InChI is InChI=1S/C12H13FN2O3/c1-14(10-4-2-9(13)3-5-10)12(18)15-6-8(7-15)11(16)17/h2-5,8H,6-7H2,1H3,(H,16,17). The molecule has 1 fully saturated rings. The molecule has 2 rings (SSSR count). The summed E-state index contributed by atoms with van der Waals surface area (Å²) in [6.07, 6.45) is 0. The van der Waals surface area contributed by atoms with Crippen LogP contribution in [0.3, 0.4) is 0 Å². The van der Waals surface area contributed by atoms with E-state index in [4.69, 9.17) is 5.11 Å². The van der Waals surface area contributed by atoms with Gasteiger partial charge in [-0.15, -0.1) is 0 Å². The van der Waals surface area contributed by atoms with Crippen molar-refractivity contribution in [3.05, 3.63) is 30.1 Å². The Morgan fingerprint density at radius 3 is 2.39 bits per heavy atom. The Balaban J connectivity index is 1.98. The van der Waals surface area contributed by atoms with Gasteiger partial charge in [0.25, 0.3) is 0 Å². The van der Waals surface area contributed by atoms with Crippen molar-refractivity contribution in [1.82, 2.24) is 4.90 Å². The molecule has 0 spiro atoms. The Hall–Kier alpha value is -2.11. The van der Waals surface area contributed by atoms with E-state index >= 15 is 0 Å². The van der Waals surface area contributed by atoms with Crippen LogP contribution in [0.15, 0.2) is 24.3 Å². The summed E-state index contributed by atoms with van der Waals surface area (Å²) in [7, 11) is 1.57. The Bertz CT molecular complexity index is 469. The van der Waals surface area contributed by atoms with E-state index in [1.807, 2.05) is 0 Å². The molecule has 0 bridgehead atoms. The van der Waals surface area contributed by atoms with Gasteiger partial charge in [0.05, 0.1) is 5.92 Å². The fourth-order valence-electron chi connectivity index (χ4n) is 1.78. The van der Waals surface area contributed by atoms with Crippen LogP contribution in [0.1, 0.15) is 0 Å². The first-order valence-electron chi connectivity index (χ1n) is 5.50. The monoisotopic (exact) mass is 252 g/mol. The van der Waals surface area contributed by atoms with Crippen molar-refractivity contribution in [2.24, 2.45) is 5.92 Å². The van der Waals surface area contributed by atoms with Gasteiger partial charge in [0.15, 0.2) is 0 Å². The second-order valence-electron chi connectivity index (χ2n) is 4.26. The molecule has 6 heteroatoms. The zero-order valence-electron chi connectivity index (χ0n) is 9.84. The molecule has 0 unspecified atom stereocenters. The molecule has 0 aromatic heterocycles. The van der Waals surface area contributed by atoms with Crippen LogP contribution in [0.4, 0.5) is 14.9 Å². The average molecular weight is 252 g/mol. The van der Waals surface area contributed by atoms with Gasteiger partial charge in [-0.25, -0.2) is 9.18 Å². The summed E-state index contributed by atoms with van der Waals surface area (Å²) >= 11 is 0. The van der Waals surface area contributed by atoms with Gasteiger partial charge in [-0.2, -0.15) is 0 Å². The van der Waals surface area contributed by atoms with Crippen molar-refractivity contribution >= 4 is 17.7 Å². The number of rotatable bonds is 2. The Morgan fingerprint density at radius 2 is 1.89 bits per heavy atom. The molecule has 1 aliphatic rings. The zero-order valence-corrected chi connectivity index (χ0v) is 9.84. The van der Waals surface area contributed by atoms with Crippen molar-refractivity contribution in [1.29, 1.82) is 0 Å². The molecular formula is C12H13FN2O3. The highest BCUT2D eigenvalue weighted by atomic mass is 19.1. The SMILES string of the molecule is CN(C(=O)N1CC(C(=O)O)C1)c1ccc(F)cc1. The maximum absolute atomic E-state index is 12.7. The van der Waals surface area contributed by atoms with E-state index in [-0.39, 0.29) is 24.9 Å². The van der Waals surface area contributed by atoms with Crippen molar-refractivity contribution in [2.45, 2.75) is 0 Å². The molecule has 1 heterocycles. The number of carbonyl (C=O) groups is 2. The summed E-state index contributed by atoms with van der Waals surface area (Å²) in [6, 6.07) is 5.27. The fraction of sp³-hybridized carbons (Fsp3) is 0.333. The smallest absolute Gasteiger partial charge is 0.324 e. The van der Waals surface area contributed by atoms with Gasteiger partial charge in [-0.3, -0.25) is 9.69 Å². The predicted molar refractivity (Wildman–Crippen MR) is 62.9 cm³/mol. The summed E-state index contributed by atoms with van der Waals surface area (Å²) in [4.78, 5) is 25.4. The van der Waals surface area contributed by atoms with Gasteiger partial charge in [0.1, 0.15) is 5.82 Å². The van der Waals surface area contributed by atoms with Crippen LogP contribution < -0.4 is 4.90 Å². The van der Waals surface area contributed by atoms with E-state index in [1.165, 1.54) is 34.1 Å². The van der Waals surface area contributed by atoms with Gasteiger partial charge < -0.3 is 10.0 Å². The van der Waals surface area contributed by atoms with Gasteiger partial charge >= 0.3 is 12.0 Å². The molecule has 0 aliphatic carbocycles. The number of hydrogen-bond acceptors (Lipinski definition) is 2. The highest BCUT2D eigenvalue weighted by Gasteiger charge is 2.37. The van der Waals surface area contributed by atoms with Crippen molar-refractivity contribution in [3.63, 3.8) is 0 Å². The normalized spacial score (nSPS) is 15.1. The molecule has 1 aliphatic heterocycles. The number of benzene rings is 1. The van der Waals surface area contributed by atoms with Crippen molar-refractivity contribution in [3.8, 4) is 0 Å². The van der Waals surface area contributed by atoms with Gasteiger partial charge in [0.2, 0.25) is 0 Å². The molecule has 2 amide bonds. The third-order valence-corrected chi connectivity index (χ3v) is 3.00. The largest absolute Gasteiger partial charge is 0.481 e. The number of urea groups is 1. The van der Waals surface area contributed by atoms with E-state index in [2.05, 4.69) is 0 Å². The molecular weight excluding hydrogens is 239 g/mol. The lowest BCUT2D eigenvalue weighted by Crippen LogP contribution is -2.56. The van der Waals surface area contributed by atoms with Crippen LogP contribution in [-0.4, -0.2) is 42.1 Å².